The number of aromatic amines is 1. The fraction of sp³-hybridized carbons (Fsp3) is 0.250. The molecule has 0 aliphatic heterocycles. The molecule has 2 N–H and O–H groups in total. The lowest BCUT2D eigenvalue weighted by molar-refractivity contribution is -0.138. The SMILES string of the molecule is CC(C(=O)O)c1ccc2n[nH]c(=O)n2n1. The Labute approximate surface area is 83.4 Å². The van der Waals surface area contributed by atoms with Crippen LogP contribution >= 0.6 is 0 Å². The van der Waals surface area contributed by atoms with Crippen molar-refractivity contribution >= 4 is 11.6 Å². The zero-order chi connectivity index (χ0) is 11.0. The number of nitrogens with zero attached hydrogens (tertiary/aromatic N) is 3. The molecule has 0 amide bonds. The Morgan fingerprint density at radius 1 is 1.60 bits per heavy atom. The van der Waals surface area contributed by atoms with Crippen molar-refractivity contribution < 1.29 is 9.90 Å². The second kappa shape index (κ2) is 3.19. The largest absolute Gasteiger partial charge is 0.481 e. The molecule has 2 heterocycles. The molecule has 78 valence electrons. The summed E-state index contributed by atoms with van der Waals surface area (Å²) in [5.74, 6) is -1.74. The molecule has 2 aromatic heterocycles. The third kappa shape index (κ3) is 1.47. The molecular formula is C8H8N4O3. The van der Waals surface area contributed by atoms with E-state index in [1.807, 2.05) is 0 Å². The Balaban J connectivity index is 2.59. The lowest BCUT2D eigenvalue weighted by Crippen LogP contribution is -2.16. The first kappa shape index (κ1) is 9.38. The highest BCUT2D eigenvalue weighted by atomic mass is 16.4. The molecule has 2 aromatic rings. The molecule has 7 heteroatoms. The van der Waals surface area contributed by atoms with Crippen LogP contribution in [0.5, 0.6) is 0 Å². The van der Waals surface area contributed by atoms with E-state index in [1.165, 1.54) is 13.0 Å². The van der Waals surface area contributed by atoms with E-state index in [4.69, 9.17) is 5.11 Å². The summed E-state index contributed by atoms with van der Waals surface area (Å²) in [5.41, 5.74) is 0.198. The van der Waals surface area contributed by atoms with E-state index in [9.17, 15) is 9.59 Å². The minimum Gasteiger partial charge on any atom is -0.481 e. The number of carbonyl (C=O) groups is 1. The Morgan fingerprint density at radius 2 is 2.33 bits per heavy atom. The van der Waals surface area contributed by atoms with Crippen molar-refractivity contribution in [2.75, 3.05) is 0 Å². The van der Waals surface area contributed by atoms with Crippen LogP contribution in [0.1, 0.15) is 18.5 Å². The fourth-order valence-corrected chi connectivity index (χ4v) is 1.17. The van der Waals surface area contributed by atoms with Gasteiger partial charge in [0.25, 0.3) is 0 Å². The van der Waals surface area contributed by atoms with Crippen molar-refractivity contribution in [3.63, 3.8) is 0 Å². The lowest BCUT2D eigenvalue weighted by atomic mass is 10.1. The third-order valence-electron chi connectivity index (χ3n) is 2.11. The maximum atomic E-state index is 11.2. The normalized spacial score (nSPS) is 12.9. The second-order valence-electron chi connectivity index (χ2n) is 3.12. The molecule has 7 nitrogen and oxygen atoms in total. The van der Waals surface area contributed by atoms with Crippen molar-refractivity contribution in [3.05, 3.63) is 28.3 Å². The minimum absolute atomic E-state index is 0.318. The van der Waals surface area contributed by atoms with Crippen LogP contribution in [0.3, 0.4) is 0 Å². The number of carboxylic acids is 1. The molecule has 15 heavy (non-hydrogen) atoms. The van der Waals surface area contributed by atoms with Gasteiger partial charge in [-0.05, 0) is 19.1 Å². The van der Waals surface area contributed by atoms with E-state index in [0.29, 0.717) is 11.3 Å². The van der Waals surface area contributed by atoms with Crippen LogP contribution in [-0.2, 0) is 4.79 Å². The van der Waals surface area contributed by atoms with Crippen LogP contribution in [-0.4, -0.2) is 30.9 Å². The van der Waals surface area contributed by atoms with Gasteiger partial charge >= 0.3 is 11.7 Å². The Morgan fingerprint density at radius 3 is 3.00 bits per heavy atom. The summed E-state index contributed by atoms with van der Waals surface area (Å²) in [6.45, 7) is 1.50. The average molecular weight is 208 g/mol. The molecule has 0 aromatic carbocycles. The van der Waals surface area contributed by atoms with E-state index in [0.717, 1.165) is 4.52 Å². The number of aromatic nitrogens is 4. The molecule has 2 rings (SSSR count). The van der Waals surface area contributed by atoms with Crippen molar-refractivity contribution in [2.24, 2.45) is 0 Å². The summed E-state index contributed by atoms with van der Waals surface area (Å²) in [5, 5.41) is 18.6. The highest BCUT2D eigenvalue weighted by Gasteiger charge is 2.16. The molecule has 0 bridgehead atoms. The zero-order valence-corrected chi connectivity index (χ0v) is 7.84. The Hall–Kier alpha value is -2.18. The smallest absolute Gasteiger partial charge is 0.364 e. The molecule has 0 aliphatic carbocycles. The molecule has 0 spiro atoms. The number of nitrogens with one attached hydrogen (secondary N) is 1. The predicted octanol–water partition coefficient (Wildman–Crippen LogP) is -0.394. The number of hydrogen-bond donors (Lipinski definition) is 2. The number of aliphatic carboxylic acids is 1. The summed E-state index contributed by atoms with van der Waals surface area (Å²) in [6, 6.07) is 3.08. The molecular weight excluding hydrogens is 200 g/mol. The standard InChI is InChI=1S/C8H8N4O3/c1-4(7(13)14)5-2-3-6-9-10-8(15)12(6)11-5/h2-4H,1H3,(H,10,15)(H,13,14). The van der Waals surface area contributed by atoms with Crippen molar-refractivity contribution in [2.45, 2.75) is 12.8 Å². The second-order valence-corrected chi connectivity index (χ2v) is 3.12. The minimum atomic E-state index is -0.988. The van der Waals surface area contributed by atoms with Crippen LogP contribution in [0, 0.1) is 0 Å². The molecule has 0 radical (unpaired) electrons. The maximum absolute atomic E-state index is 11.2. The number of rotatable bonds is 2. The zero-order valence-electron chi connectivity index (χ0n) is 7.84. The van der Waals surface area contributed by atoms with Gasteiger partial charge in [-0.2, -0.15) is 14.7 Å². The summed E-state index contributed by atoms with van der Waals surface area (Å²) in [4.78, 5) is 21.9. The Kier molecular flexibility index (Phi) is 2.00. The monoisotopic (exact) mass is 208 g/mol. The van der Waals surface area contributed by atoms with E-state index in [-0.39, 0.29) is 0 Å². The summed E-state index contributed by atoms with van der Waals surface area (Å²) in [7, 11) is 0. The maximum Gasteiger partial charge on any atom is 0.364 e. The number of fused-ring (bicyclic) bond motifs is 1. The van der Waals surface area contributed by atoms with Gasteiger partial charge in [-0.15, -0.1) is 0 Å². The highest BCUT2D eigenvalue weighted by Crippen LogP contribution is 2.11. The molecule has 1 atom stereocenters. The van der Waals surface area contributed by atoms with Gasteiger partial charge in [0.1, 0.15) is 0 Å². The van der Waals surface area contributed by atoms with Gasteiger partial charge in [0.2, 0.25) is 0 Å². The van der Waals surface area contributed by atoms with Crippen LogP contribution < -0.4 is 5.69 Å². The van der Waals surface area contributed by atoms with Crippen molar-refractivity contribution in [1.82, 2.24) is 19.8 Å². The Bertz CT molecular complexity index is 571. The lowest BCUT2D eigenvalue weighted by Gasteiger charge is -2.04. The summed E-state index contributed by atoms with van der Waals surface area (Å²) < 4.78 is 1.04. The first-order chi connectivity index (χ1) is 7.09. The van der Waals surface area contributed by atoms with Crippen molar-refractivity contribution in [3.8, 4) is 0 Å². The average Bonchev–Trinajstić information content (AvgIpc) is 2.59. The van der Waals surface area contributed by atoms with Gasteiger partial charge in [-0.25, -0.2) is 9.89 Å². The van der Waals surface area contributed by atoms with E-state index in [1.54, 1.807) is 6.07 Å². The van der Waals surface area contributed by atoms with E-state index in [2.05, 4.69) is 15.3 Å². The summed E-state index contributed by atoms with van der Waals surface area (Å²) in [6.07, 6.45) is 0. The quantitative estimate of drug-likeness (QED) is 0.699. The first-order valence-corrected chi connectivity index (χ1v) is 4.27. The molecule has 0 saturated heterocycles. The third-order valence-corrected chi connectivity index (χ3v) is 2.11. The van der Waals surface area contributed by atoms with Gasteiger partial charge in [-0.1, -0.05) is 0 Å². The number of hydrogen-bond acceptors (Lipinski definition) is 4. The van der Waals surface area contributed by atoms with Gasteiger partial charge in [-0.3, -0.25) is 4.79 Å². The molecule has 0 fully saturated rings. The molecule has 1 unspecified atom stereocenters. The molecule has 0 aliphatic rings. The van der Waals surface area contributed by atoms with Crippen LogP contribution in [0.25, 0.3) is 5.65 Å². The van der Waals surface area contributed by atoms with Gasteiger partial charge < -0.3 is 5.11 Å². The first-order valence-electron chi connectivity index (χ1n) is 4.27. The van der Waals surface area contributed by atoms with Gasteiger partial charge in [0.05, 0.1) is 11.6 Å². The number of H-pyrrole nitrogens is 1. The van der Waals surface area contributed by atoms with Gasteiger partial charge in [0.15, 0.2) is 5.65 Å². The highest BCUT2D eigenvalue weighted by molar-refractivity contribution is 5.74. The van der Waals surface area contributed by atoms with Crippen LogP contribution in [0.15, 0.2) is 16.9 Å². The summed E-state index contributed by atoms with van der Waals surface area (Å²) >= 11 is 0. The fourth-order valence-electron chi connectivity index (χ4n) is 1.17. The van der Waals surface area contributed by atoms with Crippen molar-refractivity contribution in [1.29, 1.82) is 0 Å². The van der Waals surface area contributed by atoms with Crippen LogP contribution in [0.2, 0.25) is 0 Å². The molecule has 0 saturated carbocycles. The van der Waals surface area contributed by atoms with E-state index >= 15 is 0 Å². The van der Waals surface area contributed by atoms with Crippen LogP contribution in [0.4, 0.5) is 0 Å². The van der Waals surface area contributed by atoms with E-state index < -0.39 is 17.6 Å². The van der Waals surface area contributed by atoms with Gasteiger partial charge in [0, 0.05) is 0 Å². The predicted molar refractivity (Wildman–Crippen MR) is 49.7 cm³/mol. The topological polar surface area (TPSA) is 100 Å². The number of carboxylic acid groups (broad SMARTS) is 1.